The van der Waals surface area contributed by atoms with Gasteiger partial charge in [-0.2, -0.15) is 0 Å². The highest BCUT2D eigenvalue weighted by Gasteiger charge is 2.13. The Hall–Kier alpha value is -1.00. The molecule has 4 heteroatoms. The highest BCUT2D eigenvalue weighted by Crippen LogP contribution is 2.16. The molecule has 0 unspecified atom stereocenters. The molecular weight excluding hydrogens is 160 g/mol. The summed E-state index contributed by atoms with van der Waals surface area (Å²) in [6.45, 7) is 1.80. The highest BCUT2D eigenvalue weighted by atomic mass is 16.7. The second kappa shape index (κ2) is 3.60. The molecule has 66 valence electrons. The first-order valence-corrected chi connectivity index (χ1v) is 3.74. The van der Waals surface area contributed by atoms with Crippen LogP contribution in [0, 0.1) is 0 Å². The molecule has 0 saturated heterocycles. The quantitative estimate of drug-likeness (QED) is 0.582. The van der Waals surface area contributed by atoms with E-state index in [9.17, 15) is 0 Å². The standard InChI is InChI=1S/C8H10O4/c1-7(2-10-5-9-1)8-3-11-6-12-4-8/h1,3H,2,4-6H2. The van der Waals surface area contributed by atoms with E-state index in [1.807, 2.05) is 0 Å². The maximum atomic E-state index is 5.09. The molecule has 0 bridgehead atoms. The van der Waals surface area contributed by atoms with Gasteiger partial charge in [-0.15, -0.1) is 0 Å². The Labute approximate surface area is 70.4 Å². The van der Waals surface area contributed by atoms with Crippen molar-refractivity contribution >= 4 is 0 Å². The van der Waals surface area contributed by atoms with Gasteiger partial charge in [-0.25, -0.2) is 0 Å². The van der Waals surface area contributed by atoms with Crippen LogP contribution in [0.15, 0.2) is 23.7 Å². The average molecular weight is 170 g/mol. The van der Waals surface area contributed by atoms with E-state index in [-0.39, 0.29) is 0 Å². The lowest BCUT2D eigenvalue weighted by molar-refractivity contribution is -0.0331. The summed E-state index contributed by atoms with van der Waals surface area (Å²) in [6.07, 6.45) is 3.38. The first-order valence-electron chi connectivity index (χ1n) is 3.74. The van der Waals surface area contributed by atoms with E-state index in [0.29, 0.717) is 26.8 Å². The molecule has 2 aliphatic rings. The molecule has 0 aliphatic carbocycles. The summed E-state index contributed by atoms with van der Waals surface area (Å²) in [5.41, 5.74) is 1.97. The lowest BCUT2D eigenvalue weighted by Gasteiger charge is -2.19. The molecule has 12 heavy (non-hydrogen) atoms. The summed E-state index contributed by atoms with van der Waals surface area (Å²) in [5.74, 6) is 0. The van der Waals surface area contributed by atoms with Crippen LogP contribution >= 0.6 is 0 Å². The Kier molecular flexibility index (Phi) is 2.29. The van der Waals surface area contributed by atoms with Crippen LogP contribution in [0.2, 0.25) is 0 Å². The molecule has 0 amide bonds. The van der Waals surface area contributed by atoms with Crippen molar-refractivity contribution in [2.24, 2.45) is 0 Å². The minimum Gasteiger partial charge on any atom is -0.475 e. The predicted molar refractivity (Wildman–Crippen MR) is 40.0 cm³/mol. The molecule has 0 N–H and O–H groups in total. The molecule has 0 aromatic rings. The normalized spacial score (nSPS) is 23.3. The second-order valence-electron chi connectivity index (χ2n) is 2.55. The number of ether oxygens (including phenoxy) is 4. The minimum absolute atomic E-state index is 0.332. The topological polar surface area (TPSA) is 36.9 Å². The van der Waals surface area contributed by atoms with Crippen molar-refractivity contribution in [3.8, 4) is 0 Å². The van der Waals surface area contributed by atoms with Crippen molar-refractivity contribution in [2.75, 3.05) is 26.8 Å². The lowest BCUT2D eigenvalue weighted by atomic mass is 10.1. The van der Waals surface area contributed by atoms with E-state index in [4.69, 9.17) is 18.9 Å². The third-order valence-corrected chi connectivity index (χ3v) is 1.68. The Morgan fingerprint density at radius 2 is 1.33 bits per heavy atom. The SMILES string of the molecule is C1=C(C2=COCOC2)COCO1. The van der Waals surface area contributed by atoms with E-state index in [2.05, 4.69) is 0 Å². The van der Waals surface area contributed by atoms with E-state index in [0.717, 1.165) is 11.1 Å². The van der Waals surface area contributed by atoms with Crippen LogP contribution in [0.4, 0.5) is 0 Å². The molecule has 0 radical (unpaired) electrons. The Morgan fingerprint density at radius 1 is 0.833 bits per heavy atom. The molecule has 0 atom stereocenters. The molecule has 2 aliphatic heterocycles. The third-order valence-electron chi connectivity index (χ3n) is 1.68. The zero-order valence-electron chi connectivity index (χ0n) is 6.62. The zero-order valence-corrected chi connectivity index (χ0v) is 6.62. The van der Waals surface area contributed by atoms with Crippen molar-refractivity contribution in [2.45, 2.75) is 0 Å². The van der Waals surface area contributed by atoms with Gasteiger partial charge in [-0.1, -0.05) is 0 Å². The fourth-order valence-corrected chi connectivity index (χ4v) is 1.07. The van der Waals surface area contributed by atoms with Crippen LogP contribution in [0.1, 0.15) is 0 Å². The minimum atomic E-state index is 0.332. The molecule has 0 aromatic carbocycles. The van der Waals surface area contributed by atoms with E-state index in [1.54, 1.807) is 12.5 Å². The molecule has 4 nitrogen and oxygen atoms in total. The van der Waals surface area contributed by atoms with Gasteiger partial charge in [0.15, 0.2) is 13.6 Å². The van der Waals surface area contributed by atoms with Gasteiger partial charge >= 0.3 is 0 Å². The van der Waals surface area contributed by atoms with Crippen LogP contribution in [0.3, 0.4) is 0 Å². The lowest BCUT2D eigenvalue weighted by Crippen LogP contribution is -2.16. The summed E-state index contributed by atoms with van der Waals surface area (Å²) >= 11 is 0. The van der Waals surface area contributed by atoms with Crippen molar-refractivity contribution in [1.82, 2.24) is 0 Å². The number of hydrogen-bond donors (Lipinski definition) is 0. The van der Waals surface area contributed by atoms with Crippen LogP contribution in [0.25, 0.3) is 0 Å². The van der Waals surface area contributed by atoms with Crippen LogP contribution < -0.4 is 0 Å². The molecule has 0 fully saturated rings. The van der Waals surface area contributed by atoms with Gasteiger partial charge in [0.1, 0.15) is 0 Å². The van der Waals surface area contributed by atoms with E-state index in [1.165, 1.54) is 0 Å². The monoisotopic (exact) mass is 170 g/mol. The van der Waals surface area contributed by atoms with Gasteiger partial charge in [0.2, 0.25) is 0 Å². The number of hydrogen-bond acceptors (Lipinski definition) is 4. The summed E-state index contributed by atoms with van der Waals surface area (Å²) in [5, 5.41) is 0. The Morgan fingerprint density at radius 3 is 1.67 bits per heavy atom. The van der Waals surface area contributed by atoms with Gasteiger partial charge in [0.05, 0.1) is 25.7 Å². The van der Waals surface area contributed by atoms with Crippen LogP contribution in [-0.4, -0.2) is 26.8 Å². The smallest absolute Gasteiger partial charge is 0.188 e. The summed E-state index contributed by atoms with van der Waals surface area (Å²) < 4.78 is 20.2. The first-order chi connectivity index (χ1) is 5.97. The summed E-state index contributed by atoms with van der Waals surface area (Å²) in [7, 11) is 0. The van der Waals surface area contributed by atoms with Crippen molar-refractivity contribution < 1.29 is 18.9 Å². The molecule has 0 aromatic heterocycles. The maximum Gasteiger partial charge on any atom is 0.188 e. The first kappa shape index (κ1) is 7.64. The molecule has 2 heterocycles. The van der Waals surface area contributed by atoms with Gasteiger partial charge in [-0.05, 0) is 0 Å². The second-order valence-corrected chi connectivity index (χ2v) is 2.55. The highest BCUT2D eigenvalue weighted by molar-refractivity contribution is 5.30. The van der Waals surface area contributed by atoms with Gasteiger partial charge in [-0.3, -0.25) is 0 Å². The van der Waals surface area contributed by atoms with Crippen LogP contribution in [0.5, 0.6) is 0 Å². The Bertz CT molecular complexity index is 195. The molecular formula is C8H10O4. The Balaban J connectivity index is 2.06. The average Bonchev–Trinajstić information content (AvgIpc) is 2.21. The van der Waals surface area contributed by atoms with Crippen molar-refractivity contribution in [3.63, 3.8) is 0 Å². The molecule has 0 saturated carbocycles. The van der Waals surface area contributed by atoms with Crippen LogP contribution in [-0.2, 0) is 18.9 Å². The van der Waals surface area contributed by atoms with Gasteiger partial charge < -0.3 is 18.9 Å². The van der Waals surface area contributed by atoms with Crippen molar-refractivity contribution in [3.05, 3.63) is 23.7 Å². The molecule has 2 rings (SSSR count). The summed E-state index contributed by atoms with van der Waals surface area (Å²) in [6, 6.07) is 0. The number of rotatable bonds is 1. The molecule has 0 spiro atoms. The maximum absolute atomic E-state index is 5.09. The van der Waals surface area contributed by atoms with E-state index >= 15 is 0 Å². The predicted octanol–water partition coefficient (Wildman–Crippen LogP) is 0.763. The zero-order chi connectivity index (χ0) is 8.23. The summed E-state index contributed by atoms with van der Waals surface area (Å²) in [4.78, 5) is 0. The van der Waals surface area contributed by atoms with Gasteiger partial charge in [0.25, 0.3) is 0 Å². The largest absolute Gasteiger partial charge is 0.475 e. The van der Waals surface area contributed by atoms with E-state index < -0.39 is 0 Å². The van der Waals surface area contributed by atoms with Gasteiger partial charge in [0, 0.05) is 11.1 Å². The third kappa shape index (κ3) is 1.60. The fourth-order valence-electron chi connectivity index (χ4n) is 1.07. The fraction of sp³-hybridized carbons (Fsp3) is 0.500. The van der Waals surface area contributed by atoms with Crippen molar-refractivity contribution in [1.29, 1.82) is 0 Å².